The molecule has 2 rings (SSSR count). The van der Waals surface area contributed by atoms with Gasteiger partial charge in [0.25, 0.3) is 0 Å². The molecule has 0 amide bonds. The number of nitrogen functional groups attached to an aromatic ring is 1. The maximum absolute atomic E-state index is 5.94. The lowest BCUT2D eigenvalue weighted by Crippen LogP contribution is -2.35. The molecule has 1 aromatic carbocycles. The maximum atomic E-state index is 5.94. The van der Waals surface area contributed by atoms with Gasteiger partial charge in [0.05, 0.1) is 6.61 Å². The van der Waals surface area contributed by atoms with Crippen LogP contribution in [0.25, 0.3) is 0 Å². The highest BCUT2D eigenvalue weighted by molar-refractivity contribution is 8.00. The van der Waals surface area contributed by atoms with Gasteiger partial charge in [0.15, 0.2) is 0 Å². The summed E-state index contributed by atoms with van der Waals surface area (Å²) in [7, 11) is 0. The first-order valence-corrected chi connectivity index (χ1v) is 8.72. The molecule has 0 saturated heterocycles. The van der Waals surface area contributed by atoms with E-state index in [4.69, 9.17) is 10.5 Å². The van der Waals surface area contributed by atoms with E-state index in [1.54, 1.807) is 0 Å². The molecule has 1 saturated carbocycles. The third-order valence-corrected chi connectivity index (χ3v) is 5.47. The highest BCUT2D eigenvalue weighted by atomic mass is 32.2. The molecule has 1 aliphatic rings. The number of hydrogen-bond donors (Lipinski definition) is 2. The first-order valence-electron chi connectivity index (χ1n) is 7.50. The predicted octanol–water partition coefficient (Wildman–Crippen LogP) is 4.15. The fourth-order valence-electron chi connectivity index (χ4n) is 2.89. The molecule has 0 bridgehead atoms. The minimum absolute atomic E-state index is 0.384. The number of ether oxygens (including phenoxy) is 1. The van der Waals surface area contributed by atoms with Crippen LogP contribution in [0.4, 0.5) is 11.4 Å². The van der Waals surface area contributed by atoms with Crippen LogP contribution >= 0.6 is 11.8 Å². The summed E-state index contributed by atoms with van der Waals surface area (Å²) in [6, 6.07) is 5.90. The van der Waals surface area contributed by atoms with Crippen LogP contribution in [0.5, 0.6) is 5.75 Å². The molecule has 1 aliphatic carbocycles. The quantitative estimate of drug-likeness (QED) is 0.774. The molecule has 3 N–H and O–H groups in total. The molecule has 0 unspecified atom stereocenters. The number of thioether (sulfide) groups is 1. The Balaban J connectivity index is 2.02. The van der Waals surface area contributed by atoms with Crippen molar-refractivity contribution in [1.82, 2.24) is 0 Å². The van der Waals surface area contributed by atoms with Crippen LogP contribution in [0, 0.1) is 0 Å². The van der Waals surface area contributed by atoms with Gasteiger partial charge in [-0.1, -0.05) is 19.3 Å². The van der Waals surface area contributed by atoms with E-state index in [2.05, 4.69) is 11.6 Å². The van der Waals surface area contributed by atoms with E-state index in [1.165, 1.54) is 32.1 Å². The number of rotatable bonds is 6. The van der Waals surface area contributed by atoms with Crippen molar-refractivity contribution in [3.05, 3.63) is 18.2 Å². The molecule has 1 fully saturated rings. The van der Waals surface area contributed by atoms with Crippen LogP contribution in [0.1, 0.15) is 39.0 Å². The second-order valence-corrected chi connectivity index (χ2v) is 6.80. The molecule has 20 heavy (non-hydrogen) atoms. The number of nitrogens with one attached hydrogen (secondary N) is 1. The lowest BCUT2D eigenvalue weighted by molar-refractivity contribution is 0.340. The Hall–Kier alpha value is -1.03. The molecule has 0 spiro atoms. The second kappa shape index (κ2) is 7.11. The number of nitrogens with two attached hydrogens (primary N) is 1. The van der Waals surface area contributed by atoms with Gasteiger partial charge >= 0.3 is 0 Å². The summed E-state index contributed by atoms with van der Waals surface area (Å²) in [5.74, 6) is 0.844. The lowest BCUT2D eigenvalue weighted by atomic mass is 9.88. The van der Waals surface area contributed by atoms with E-state index in [-0.39, 0.29) is 0 Å². The van der Waals surface area contributed by atoms with Gasteiger partial charge < -0.3 is 15.8 Å². The smallest absolute Gasteiger partial charge is 0.123 e. The third-order valence-electron chi connectivity index (χ3n) is 4.05. The summed E-state index contributed by atoms with van der Waals surface area (Å²) in [5, 5.41) is 3.56. The molecule has 4 heteroatoms. The van der Waals surface area contributed by atoms with Gasteiger partial charge in [-0.2, -0.15) is 11.8 Å². The molecule has 0 radical (unpaired) electrons. The van der Waals surface area contributed by atoms with Crippen molar-refractivity contribution in [2.24, 2.45) is 0 Å². The van der Waals surface area contributed by atoms with E-state index < -0.39 is 0 Å². The number of hydrogen-bond acceptors (Lipinski definition) is 4. The SMILES string of the molecule is CCOc1cc(N)cc(NCC2(SC)CCCCC2)c1. The van der Waals surface area contributed by atoms with Gasteiger partial charge in [-0.3, -0.25) is 0 Å². The summed E-state index contributed by atoms with van der Waals surface area (Å²) in [4.78, 5) is 0. The van der Waals surface area contributed by atoms with E-state index in [9.17, 15) is 0 Å². The highest BCUT2D eigenvalue weighted by Gasteiger charge is 2.30. The van der Waals surface area contributed by atoms with Crippen LogP contribution < -0.4 is 15.8 Å². The maximum Gasteiger partial charge on any atom is 0.123 e. The lowest BCUT2D eigenvalue weighted by Gasteiger charge is -2.36. The largest absolute Gasteiger partial charge is 0.494 e. The Bertz CT molecular complexity index is 430. The Labute approximate surface area is 126 Å². The predicted molar refractivity (Wildman–Crippen MR) is 89.8 cm³/mol. The molecule has 0 atom stereocenters. The third kappa shape index (κ3) is 3.98. The molecular formula is C16H26N2OS. The minimum Gasteiger partial charge on any atom is -0.494 e. The fraction of sp³-hybridized carbons (Fsp3) is 0.625. The van der Waals surface area contributed by atoms with E-state index in [1.807, 2.05) is 36.9 Å². The van der Waals surface area contributed by atoms with Crippen molar-refractivity contribution < 1.29 is 4.74 Å². The first-order chi connectivity index (χ1) is 9.67. The van der Waals surface area contributed by atoms with Gasteiger partial charge in [-0.25, -0.2) is 0 Å². The van der Waals surface area contributed by atoms with Crippen LogP contribution in [0.15, 0.2) is 18.2 Å². The van der Waals surface area contributed by atoms with Crippen LogP contribution in [-0.4, -0.2) is 24.2 Å². The van der Waals surface area contributed by atoms with Crippen molar-refractivity contribution in [2.75, 3.05) is 30.5 Å². The normalized spacial score (nSPS) is 17.7. The van der Waals surface area contributed by atoms with Gasteiger partial charge in [0, 0.05) is 34.8 Å². The van der Waals surface area contributed by atoms with Gasteiger partial charge in [-0.05, 0) is 32.1 Å². The second-order valence-electron chi connectivity index (χ2n) is 5.53. The molecule has 3 nitrogen and oxygen atoms in total. The zero-order valence-corrected chi connectivity index (χ0v) is 13.4. The van der Waals surface area contributed by atoms with E-state index in [0.29, 0.717) is 11.4 Å². The Kier molecular flexibility index (Phi) is 5.46. The van der Waals surface area contributed by atoms with Crippen LogP contribution in [0.2, 0.25) is 0 Å². The van der Waals surface area contributed by atoms with Crippen molar-refractivity contribution in [3.63, 3.8) is 0 Å². The Morgan fingerprint density at radius 2 is 2.00 bits per heavy atom. The molecule has 0 aliphatic heterocycles. The topological polar surface area (TPSA) is 47.3 Å². The van der Waals surface area contributed by atoms with E-state index >= 15 is 0 Å². The summed E-state index contributed by atoms with van der Waals surface area (Å²) < 4.78 is 5.93. The Morgan fingerprint density at radius 3 is 2.65 bits per heavy atom. The number of anilines is 2. The van der Waals surface area contributed by atoms with Gasteiger partial charge in [-0.15, -0.1) is 0 Å². The zero-order chi connectivity index (χ0) is 14.4. The summed E-state index contributed by atoms with van der Waals surface area (Å²) in [6.07, 6.45) is 8.93. The summed E-state index contributed by atoms with van der Waals surface area (Å²) >= 11 is 2.01. The molecule has 0 aromatic heterocycles. The first kappa shape index (κ1) is 15.4. The average molecular weight is 294 g/mol. The standard InChI is InChI=1S/C16H26N2OS/c1-3-19-15-10-13(17)9-14(11-15)18-12-16(20-2)7-5-4-6-8-16/h9-11,18H,3-8,12,17H2,1-2H3. The molecule has 112 valence electrons. The Morgan fingerprint density at radius 1 is 1.25 bits per heavy atom. The highest BCUT2D eigenvalue weighted by Crippen LogP contribution is 2.38. The fourth-order valence-corrected chi connectivity index (χ4v) is 3.80. The summed E-state index contributed by atoms with van der Waals surface area (Å²) in [5.41, 5.74) is 7.75. The minimum atomic E-state index is 0.384. The van der Waals surface area contributed by atoms with Gasteiger partial charge in [0.2, 0.25) is 0 Å². The van der Waals surface area contributed by atoms with Crippen molar-refractivity contribution in [1.29, 1.82) is 0 Å². The average Bonchev–Trinajstić information content (AvgIpc) is 2.46. The van der Waals surface area contributed by atoms with Crippen LogP contribution in [0.3, 0.4) is 0 Å². The van der Waals surface area contributed by atoms with Crippen molar-refractivity contribution >= 4 is 23.1 Å². The summed E-state index contributed by atoms with van der Waals surface area (Å²) in [6.45, 7) is 3.65. The molecule has 1 aromatic rings. The van der Waals surface area contributed by atoms with Crippen molar-refractivity contribution in [3.8, 4) is 5.75 Å². The molecule has 0 heterocycles. The molecular weight excluding hydrogens is 268 g/mol. The monoisotopic (exact) mass is 294 g/mol. The van der Waals surface area contributed by atoms with E-state index in [0.717, 1.165) is 23.7 Å². The van der Waals surface area contributed by atoms with Gasteiger partial charge in [0.1, 0.15) is 5.75 Å². The van der Waals surface area contributed by atoms with Crippen LogP contribution in [-0.2, 0) is 0 Å². The number of benzene rings is 1. The zero-order valence-electron chi connectivity index (χ0n) is 12.6. The van der Waals surface area contributed by atoms with Crippen molar-refractivity contribution in [2.45, 2.75) is 43.8 Å².